The van der Waals surface area contributed by atoms with Gasteiger partial charge in [0.1, 0.15) is 11.5 Å². The molecule has 0 aliphatic rings. The third-order valence-corrected chi connectivity index (χ3v) is 2.73. The zero-order chi connectivity index (χ0) is 14.5. The van der Waals surface area contributed by atoms with Gasteiger partial charge in [-0.15, -0.1) is 0 Å². The third kappa shape index (κ3) is 3.65. The van der Waals surface area contributed by atoms with Crippen molar-refractivity contribution in [3.8, 4) is 11.5 Å². The number of anilines is 2. The summed E-state index contributed by atoms with van der Waals surface area (Å²) in [6, 6.07) is 11.8. The van der Waals surface area contributed by atoms with Crippen molar-refractivity contribution in [2.45, 2.75) is 13.5 Å². The molecule has 0 aromatic heterocycles. The Kier molecular flexibility index (Phi) is 4.10. The summed E-state index contributed by atoms with van der Waals surface area (Å²) in [5.74, 6) is -0.0623. The summed E-state index contributed by atoms with van der Waals surface area (Å²) < 4.78 is 0. The van der Waals surface area contributed by atoms with Crippen molar-refractivity contribution >= 4 is 17.3 Å². The molecule has 20 heavy (non-hydrogen) atoms. The second kappa shape index (κ2) is 5.97. The van der Waals surface area contributed by atoms with Crippen LogP contribution in [0.4, 0.5) is 11.4 Å². The van der Waals surface area contributed by atoms with E-state index in [4.69, 9.17) is 0 Å². The summed E-state index contributed by atoms with van der Waals surface area (Å²) >= 11 is 0. The zero-order valence-electron chi connectivity index (χ0n) is 11.1. The molecule has 104 valence electrons. The SMILES string of the molecule is CC(=O)Nc1cccc(NCc2ccc(O)cc2O)c1. The van der Waals surface area contributed by atoms with Gasteiger partial charge in [-0.1, -0.05) is 6.07 Å². The Morgan fingerprint density at radius 2 is 1.85 bits per heavy atom. The molecule has 0 aliphatic heterocycles. The largest absolute Gasteiger partial charge is 0.508 e. The number of phenolic OH excluding ortho intramolecular Hbond substituents is 2. The monoisotopic (exact) mass is 272 g/mol. The van der Waals surface area contributed by atoms with Crippen LogP contribution in [0.5, 0.6) is 11.5 Å². The van der Waals surface area contributed by atoms with E-state index in [9.17, 15) is 15.0 Å². The first-order valence-electron chi connectivity index (χ1n) is 6.17. The normalized spacial score (nSPS) is 10.1. The smallest absolute Gasteiger partial charge is 0.221 e. The van der Waals surface area contributed by atoms with Crippen molar-refractivity contribution in [1.29, 1.82) is 0 Å². The second-order valence-electron chi connectivity index (χ2n) is 4.43. The van der Waals surface area contributed by atoms with E-state index in [-0.39, 0.29) is 17.4 Å². The van der Waals surface area contributed by atoms with Gasteiger partial charge in [0.05, 0.1) is 0 Å². The molecule has 1 amide bonds. The maximum Gasteiger partial charge on any atom is 0.221 e. The second-order valence-corrected chi connectivity index (χ2v) is 4.43. The van der Waals surface area contributed by atoms with Gasteiger partial charge in [0.15, 0.2) is 0 Å². The van der Waals surface area contributed by atoms with Crippen LogP contribution >= 0.6 is 0 Å². The van der Waals surface area contributed by atoms with Crippen molar-refractivity contribution in [1.82, 2.24) is 0 Å². The van der Waals surface area contributed by atoms with Gasteiger partial charge in [0.2, 0.25) is 5.91 Å². The van der Waals surface area contributed by atoms with Gasteiger partial charge in [-0.2, -0.15) is 0 Å². The number of phenols is 2. The maximum absolute atomic E-state index is 11.0. The number of carbonyl (C=O) groups excluding carboxylic acids is 1. The minimum atomic E-state index is -0.127. The van der Waals surface area contributed by atoms with Gasteiger partial charge in [-0.05, 0) is 30.3 Å². The van der Waals surface area contributed by atoms with Crippen LogP contribution in [0.15, 0.2) is 42.5 Å². The highest BCUT2D eigenvalue weighted by atomic mass is 16.3. The number of hydrogen-bond acceptors (Lipinski definition) is 4. The highest BCUT2D eigenvalue weighted by Crippen LogP contribution is 2.24. The van der Waals surface area contributed by atoms with Gasteiger partial charge in [0, 0.05) is 36.5 Å². The molecular weight excluding hydrogens is 256 g/mol. The minimum Gasteiger partial charge on any atom is -0.508 e. The summed E-state index contributed by atoms with van der Waals surface area (Å²) in [7, 11) is 0. The third-order valence-electron chi connectivity index (χ3n) is 2.73. The topological polar surface area (TPSA) is 81.6 Å². The van der Waals surface area contributed by atoms with Crippen molar-refractivity contribution in [3.63, 3.8) is 0 Å². The van der Waals surface area contributed by atoms with E-state index < -0.39 is 0 Å². The average molecular weight is 272 g/mol. The van der Waals surface area contributed by atoms with E-state index in [0.29, 0.717) is 17.8 Å². The number of hydrogen-bond donors (Lipinski definition) is 4. The number of nitrogens with one attached hydrogen (secondary N) is 2. The van der Waals surface area contributed by atoms with E-state index in [1.165, 1.54) is 19.1 Å². The van der Waals surface area contributed by atoms with Crippen LogP contribution in [0.2, 0.25) is 0 Å². The van der Waals surface area contributed by atoms with E-state index in [0.717, 1.165) is 5.69 Å². The van der Waals surface area contributed by atoms with Gasteiger partial charge in [-0.3, -0.25) is 4.79 Å². The summed E-state index contributed by atoms with van der Waals surface area (Å²) in [6.07, 6.45) is 0. The number of rotatable bonds is 4. The van der Waals surface area contributed by atoms with Crippen LogP contribution in [-0.4, -0.2) is 16.1 Å². The fourth-order valence-corrected chi connectivity index (χ4v) is 1.81. The van der Waals surface area contributed by atoms with Crippen LogP contribution in [-0.2, 0) is 11.3 Å². The van der Waals surface area contributed by atoms with E-state index in [2.05, 4.69) is 10.6 Å². The Bertz CT molecular complexity index is 626. The Balaban J connectivity index is 2.05. The van der Waals surface area contributed by atoms with Crippen LogP contribution in [0.1, 0.15) is 12.5 Å². The molecule has 0 atom stereocenters. The van der Waals surface area contributed by atoms with Crippen LogP contribution in [0.25, 0.3) is 0 Å². The van der Waals surface area contributed by atoms with Crippen molar-refractivity contribution in [3.05, 3.63) is 48.0 Å². The van der Waals surface area contributed by atoms with Gasteiger partial charge in [-0.25, -0.2) is 0 Å². The van der Waals surface area contributed by atoms with E-state index in [1.54, 1.807) is 18.2 Å². The highest BCUT2D eigenvalue weighted by Gasteiger charge is 2.03. The van der Waals surface area contributed by atoms with Crippen molar-refractivity contribution in [2.24, 2.45) is 0 Å². The van der Waals surface area contributed by atoms with Gasteiger partial charge >= 0.3 is 0 Å². The molecule has 0 radical (unpaired) electrons. The average Bonchev–Trinajstić information content (AvgIpc) is 2.37. The quantitative estimate of drug-likeness (QED) is 0.689. The number of amides is 1. The zero-order valence-corrected chi connectivity index (χ0v) is 11.1. The number of carbonyl (C=O) groups is 1. The molecule has 2 aromatic rings. The molecule has 0 heterocycles. The fraction of sp³-hybridized carbons (Fsp3) is 0.133. The molecule has 0 fully saturated rings. The summed E-state index contributed by atoms with van der Waals surface area (Å²) in [5.41, 5.74) is 2.20. The fourth-order valence-electron chi connectivity index (χ4n) is 1.81. The molecule has 0 bridgehead atoms. The Labute approximate surface area is 116 Å². The number of benzene rings is 2. The standard InChI is InChI=1S/C15H16N2O3/c1-10(18)17-13-4-2-3-12(7-13)16-9-11-5-6-14(19)8-15(11)20/h2-8,16,19-20H,9H2,1H3,(H,17,18). The lowest BCUT2D eigenvalue weighted by atomic mass is 10.2. The maximum atomic E-state index is 11.0. The first-order chi connectivity index (χ1) is 9.54. The Morgan fingerprint density at radius 3 is 2.55 bits per heavy atom. The van der Waals surface area contributed by atoms with Gasteiger partial charge in [0.25, 0.3) is 0 Å². The molecule has 5 nitrogen and oxygen atoms in total. The predicted molar refractivity (Wildman–Crippen MR) is 77.8 cm³/mol. The van der Waals surface area contributed by atoms with Crippen LogP contribution < -0.4 is 10.6 Å². The lowest BCUT2D eigenvalue weighted by molar-refractivity contribution is -0.114. The van der Waals surface area contributed by atoms with Crippen molar-refractivity contribution in [2.75, 3.05) is 10.6 Å². The molecule has 0 saturated carbocycles. The minimum absolute atomic E-state index is 0.0268. The van der Waals surface area contributed by atoms with Crippen LogP contribution in [0, 0.1) is 0 Å². The first kappa shape index (κ1) is 13.7. The van der Waals surface area contributed by atoms with Crippen molar-refractivity contribution < 1.29 is 15.0 Å². The summed E-state index contributed by atoms with van der Waals surface area (Å²) in [6.45, 7) is 1.87. The van der Waals surface area contributed by atoms with Crippen LogP contribution in [0.3, 0.4) is 0 Å². The van der Waals surface area contributed by atoms with Gasteiger partial charge < -0.3 is 20.8 Å². The molecule has 2 rings (SSSR count). The molecule has 0 unspecified atom stereocenters. The molecule has 2 aromatic carbocycles. The molecule has 0 saturated heterocycles. The predicted octanol–water partition coefficient (Wildman–Crippen LogP) is 2.67. The van der Waals surface area contributed by atoms with E-state index in [1.807, 2.05) is 12.1 Å². The Hall–Kier alpha value is -2.69. The molecule has 5 heteroatoms. The lowest BCUT2D eigenvalue weighted by Gasteiger charge is -2.10. The molecule has 0 aliphatic carbocycles. The highest BCUT2D eigenvalue weighted by molar-refractivity contribution is 5.89. The first-order valence-corrected chi connectivity index (χ1v) is 6.17. The number of aromatic hydroxyl groups is 2. The summed E-state index contributed by atoms with van der Waals surface area (Å²) in [4.78, 5) is 11.0. The molecule has 4 N–H and O–H groups in total. The lowest BCUT2D eigenvalue weighted by Crippen LogP contribution is -2.06. The molecular formula is C15H16N2O3. The van der Waals surface area contributed by atoms with E-state index >= 15 is 0 Å². The summed E-state index contributed by atoms with van der Waals surface area (Å²) in [5, 5.41) is 24.8. The Morgan fingerprint density at radius 1 is 1.10 bits per heavy atom. The molecule has 0 spiro atoms.